The van der Waals surface area contributed by atoms with E-state index < -0.39 is 0 Å². The molecule has 0 radical (unpaired) electrons. The summed E-state index contributed by atoms with van der Waals surface area (Å²) < 4.78 is 1.42. The fourth-order valence-electron chi connectivity index (χ4n) is 3.11. The first-order chi connectivity index (χ1) is 11.2. The number of thiophene rings is 1. The Morgan fingerprint density at radius 1 is 1.43 bits per heavy atom. The summed E-state index contributed by atoms with van der Waals surface area (Å²) in [5, 5.41) is 7.42. The van der Waals surface area contributed by atoms with Crippen molar-refractivity contribution in [2.24, 2.45) is 0 Å². The van der Waals surface area contributed by atoms with Gasteiger partial charge in [0.1, 0.15) is 5.01 Å². The van der Waals surface area contributed by atoms with E-state index in [4.69, 9.17) is 0 Å². The Kier molecular flexibility index (Phi) is 3.79. The van der Waals surface area contributed by atoms with E-state index in [0.717, 1.165) is 30.1 Å². The highest BCUT2D eigenvalue weighted by Gasteiger charge is 2.25. The van der Waals surface area contributed by atoms with E-state index in [9.17, 15) is 4.79 Å². The quantitative estimate of drug-likeness (QED) is 0.732. The third kappa shape index (κ3) is 2.62. The first kappa shape index (κ1) is 15.0. The summed E-state index contributed by atoms with van der Waals surface area (Å²) in [7, 11) is 0. The molecule has 3 aromatic heterocycles. The number of rotatable bonds is 3. The van der Waals surface area contributed by atoms with Crippen molar-refractivity contribution in [3.8, 4) is 0 Å². The van der Waals surface area contributed by atoms with Crippen molar-refractivity contribution in [1.82, 2.24) is 19.5 Å². The van der Waals surface area contributed by atoms with Crippen molar-refractivity contribution in [2.45, 2.75) is 39.3 Å². The van der Waals surface area contributed by atoms with Crippen molar-refractivity contribution in [3.05, 3.63) is 49.0 Å². The molecule has 0 fully saturated rings. The summed E-state index contributed by atoms with van der Waals surface area (Å²) in [4.78, 5) is 21.5. The second-order valence-corrected chi connectivity index (χ2v) is 7.87. The zero-order chi connectivity index (χ0) is 16.0. The fraction of sp³-hybridized carbons (Fsp3) is 0.438. The summed E-state index contributed by atoms with van der Waals surface area (Å²) >= 11 is 3.35. The Hall–Kier alpha value is -1.57. The zero-order valence-electron chi connectivity index (χ0n) is 13.2. The van der Waals surface area contributed by atoms with Gasteiger partial charge < -0.3 is 0 Å². The molecular weight excluding hydrogens is 328 g/mol. The molecule has 0 saturated carbocycles. The fourth-order valence-corrected chi connectivity index (χ4v) is 4.93. The van der Waals surface area contributed by atoms with E-state index in [-0.39, 0.29) is 5.56 Å². The Bertz CT molecular complexity index is 910. The normalized spacial score (nSPS) is 18.4. The molecule has 4 heterocycles. The monoisotopic (exact) mass is 346 g/mol. The minimum absolute atomic E-state index is 0.0816. The van der Waals surface area contributed by atoms with Gasteiger partial charge in [-0.2, -0.15) is 9.61 Å². The topological polar surface area (TPSA) is 50.5 Å². The van der Waals surface area contributed by atoms with E-state index >= 15 is 0 Å². The molecule has 0 saturated heterocycles. The third-order valence-electron chi connectivity index (χ3n) is 4.41. The van der Waals surface area contributed by atoms with Gasteiger partial charge in [0.15, 0.2) is 0 Å². The molecule has 0 unspecified atom stereocenters. The highest BCUT2D eigenvalue weighted by Crippen LogP contribution is 2.33. The lowest BCUT2D eigenvalue weighted by Crippen LogP contribution is -2.33. The van der Waals surface area contributed by atoms with Crippen LogP contribution >= 0.6 is 22.7 Å². The molecule has 0 amide bonds. The predicted molar refractivity (Wildman–Crippen MR) is 93.4 cm³/mol. The van der Waals surface area contributed by atoms with Crippen LogP contribution in [0.5, 0.6) is 0 Å². The summed E-state index contributed by atoms with van der Waals surface area (Å²) in [6, 6.07) is 4.22. The Morgan fingerprint density at radius 3 is 3.13 bits per heavy atom. The van der Waals surface area contributed by atoms with Crippen LogP contribution in [0.1, 0.15) is 41.0 Å². The van der Waals surface area contributed by atoms with Crippen LogP contribution in [0, 0.1) is 0 Å². The van der Waals surface area contributed by atoms with Gasteiger partial charge in [0.05, 0.1) is 5.69 Å². The van der Waals surface area contributed by atoms with Crippen LogP contribution in [-0.2, 0) is 19.4 Å². The molecule has 1 aliphatic rings. The van der Waals surface area contributed by atoms with Crippen LogP contribution < -0.4 is 5.56 Å². The first-order valence-electron chi connectivity index (χ1n) is 7.84. The van der Waals surface area contributed by atoms with Crippen molar-refractivity contribution >= 4 is 27.6 Å². The Morgan fingerprint density at radius 2 is 2.30 bits per heavy atom. The van der Waals surface area contributed by atoms with E-state index in [1.165, 1.54) is 26.3 Å². The average Bonchev–Trinajstić information content (AvgIpc) is 3.16. The zero-order valence-corrected chi connectivity index (χ0v) is 14.8. The predicted octanol–water partition coefficient (Wildman–Crippen LogP) is 2.89. The Balaban J connectivity index is 1.64. The number of aromatic nitrogens is 3. The standard InChI is InChI=1S/C16H18N4OS2/c1-3-14-18-20-15(21)8-11(17-16(20)23-14)9-19-6-4-13-12(10(19)2)5-7-22-13/h5,7-8,10H,3-4,6,9H2,1-2H3/t10-/m1/s1. The molecular formula is C16H18N4OS2. The van der Waals surface area contributed by atoms with E-state index in [1.807, 2.05) is 18.3 Å². The number of aryl methyl sites for hydroxylation is 1. The van der Waals surface area contributed by atoms with Gasteiger partial charge in [0.25, 0.3) is 5.56 Å². The first-order valence-corrected chi connectivity index (χ1v) is 9.54. The van der Waals surface area contributed by atoms with Crippen molar-refractivity contribution in [3.63, 3.8) is 0 Å². The number of fused-ring (bicyclic) bond motifs is 2. The summed E-state index contributed by atoms with van der Waals surface area (Å²) in [5.74, 6) is 0. The number of hydrogen-bond donors (Lipinski definition) is 0. The maximum absolute atomic E-state index is 12.3. The molecule has 0 aliphatic carbocycles. The minimum atomic E-state index is -0.0816. The molecule has 0 bridgehead atoms. The van der Waals surface area contributed by atoms with Crippen molar-refractivity contribution in [1.29, 1.82) is 0 Å². The van der Waals surface area contributed by atoms with Gasteiger partial charge in [0, 0.05) is 30.1 Å². The summed E-state index contributed by atoms with van der Waals surface area (Å²) in [6.45, 7) is 6.00. The van der Waals surface area contributed by atoms with Gasteiger partial charge in [-0.1, -0.05) is 18.3 Å². The largest absolute Gasteiger partial charge is 0.290 e. The molecule has 23 heavy (non-hydrogen) atoms. The summed E-state index contributed by atoms with van der Waals surface area (Å²) in [6.07, 6.45) is 1.91. The molecule has 1 aliphatic heterocycles. The van der Waals surface area contributed by atoms with E-state index in [1.54, 1.807) is 6.07 Å². The molecule has 3 aromatic rings. The van der Waals surface area contributed by atoms with Crippen LogP contribution in [0.4, 0.5) is 0 Å². The van der Waals surface area contributed by atoms with Crippen LogP contribution in [0.15, 0.2) is 22.3 Å². The second-order valence-electron chi connectivity index (χ2n) is 5.83. The van der Waals surface area contributed by atoms with Gasteiger partial charge in [-0.05, 0) is 36.8 Å². The number of nitrogens with zero attached hydrogens (tertiary/aromatic N) is 4. The van der Waals surface area contributed by atoms with Gasteiger partial charge in [-0.3, -0.25) is 9.69 Å². The van der Waals surface area contributed by atoms with E-state index in [2.05, 4.69) is 33.4 Å². The van der Waals surface area contributed by atoms with Crippen LogP contribution in [0.2, 0.25) is 0 Å². The van der Waals surface area contributed by atoms with E-state index in [0.29, 0.717) is 17.5 Å². The lowest BCUT2D eigenvalue weighted by molar-refractivity contribution is 0.189. The number of hydrogen-bond acceptors (Lipinski definition) is 6. The maximum atomic E-state index is 12.3. The molecule has 1 atom stereocenters. The molecule has 0 aromatic carbocycles. The molecule has 5 nitrogen and oxygen atoms in total. The summed E-state index contributed by atoms with van der Waals surface area (Å²) in [5.41, 5.74) is 2.18. The maximum Gasteiger partial charge on any atom is 0.275 e. The second kappa shape index (κ2) is 5.81. The average molecular weight is 346 g/mol. The highest BCUT2D eigenvalue weighted by atomic mass is 32.1. The molecule has 0 spiro atoms. The molecule has 120 valence electrons. The molecule has 4 rings (SSSR count). The highest BCUT2D eigenvalue weighted by molar-refractivity contribution is 7.16. The SMILES string of the molecule is CCc1nn2c(=O)cc(CN3CCc4sccc4[C@H]3C)nc2s1. The van der Waals surface area contributed by atoms with Gasteiger partial charge >= 0.3 is 0 Å². The van der Waals surface area contributed by atoms with Crippen LogP contribution in [0.3, 0.4) is 0 Å². The van der Waals surface area contributed by atoms with Crippen molar-refractivity contribution in [2.75, 3.05) is 6.54 Å². The lowest BCUT2D eigenvalue weighted by Gasteiger charge is -2.33. The van der Waals surface area contributed by atoms with Gasteiger partial charge in [-0.15, -0.1) is 11.3 Å². The third-order valence-corrected chi connectivity index (χ3v) is 6.46. The smallest absolute Gasteiger partial charge is 0.275 e. The minimum Gasteiger partial charge on any atom is -0.290 e. The molecule has 7 heteroatoms. The molecule has 0 N–H and O–H groups in total. The lowest BCUT2D eigenvalue weighted by atomic mass is 10.0. The Labute approximate surface area is 142 Å². The van der Waals surface area contributed by atoms with Gasteiger partial charge in [-0.25, -0.2) is 4.98 Å². The van der Waals surface area contributed by atoms with Gasteiger partial charge in [0.2, 0.25) is 4.96 Å². The van der Waals surface area contributed by atoms with Crippen LogP contribution in [0.25, 0.3) is 4.96 Å². The van der Waals surface area contributed by atoms with Crippen LogP contribution in [-0.4, -0.2) is 26.0 Å². The van der Waals surface area contributed by atoms with Crippen molar-refractivity contribution < 1.29 is 0 Å².